The molecule has 0 radical (unpaired) electrons. The quantitative estimate of drug-likeness (QED) is 0.572. The van der Waals surface area contributed by atoms with E-state index in [9.17, 15) is 9.59 Å². The van der Waals surface area contributed by atoms with Gasteiger partial charge in [0, 0.05) is 6.04 Å². The Morgan fingerprint density at radius 3 is 2.26 bits per heavy atom. The van der Waals surface area contributed by atoms with E-state index in [0.29, 0.717) is 12.2 Å². The Bertz CT molecular complexity index is 734. The number of carbonyl (C=O) groups is 2. The number of hydrogen-bond acceptors (Lipinski definition) is 4. The monoisotopic (exact) mass is 444 g/mol. The molecule has 4 fully saturated rings. The molecule has 2 N–H and O–H groups in total. The fourth-order valence-corrected chi connectivity index (χ4v) is 7.05. The van der Waals surface area contributed by atoms with Crippen molar-refractivity contribution in [2.24, 2.45) is 23.2 Å². The first-order chi connectivity index (χ1) is 15.0. The fraction of sp³-hybridized carbons (Fsp3) is 0.680. The maximum Gasteiger partial charge on any atom is 0.258 e. The lowest BCUT2D eigenvalue weighted by Crippen LogP contribution is -2.58. The number of nitrogens with one attached hydrogen (secondary N) is 2. The van der Waals surface area contributed by atoms with Crippen LogP contribution in [-0.2, 0) is 9.59 Å². The SMILES string of the molecule is CSCCC(NC(=O)COc1ccccc1)C(=O)NC(C)C12CC3CC(CC(C3)C1)C2. The zero-order valence-electron chi connectivity index (χ0n) is 18.8. The third kappa shape index (κ3) is 5.39. The lowest BCUT2D eigenvalue weighted by Gasteiger charge is -2.59. The maximum atomic E-state index is 13.2. The molecule has 2 unspecified atom stereocenters. The highest BCUT2D eigenvalue weighted by molar-refractivity contribution is 7.98. The van der Waals surface area contributed by atoms with E-state index in [1.807, 2.05) is 36.6 Å². The van der Waals surface area contributed by atoms with E-state index in [0.717, 1.165) is 23.5 Å². The predicted octanol–water partition coefficient (Wildman–Crippen LogP) is 4.02. The summed E-state index contributed by atoms with van der Waals surface area (Å²) in [6.45, 7) is 2.11. The summed E-state index contributed by atoms with van der Waals surface area (Å²) in [4.78, 5) is 25.7. The highest BCUT2D eigenvalue weighted by atomic mass is 32.2. The molecule has 4 saturated carbocycles. The topological polar surface area (TPSA) is 67.4 Å². The van der Waals surface area contributed by atoms with Gasteiger partial charge < -0.3 is 15.4 Å². The van der Waals surface area contributed by atoms with Gasteiger partial charge in [0.05, 0.1) is 0 Å². The molecular formula is C25H36N2O3S. The van der Waals surface area contributed by atoms with Crippen molar-refractivity contribution in [2.45, 2.75) is 64.0 Å². The van der Waals surface area contributed by atoms with Gasteiger partial charge >= 0.3 is 0 Å². The minimum atomic E-state index is -0.518. The van der Waals surface area contributed by atoms with Crippen LogP contribution in [0.3, 0.4) is 0 Å². The first-order valence-electron chi connectivity index (χ1n) is 11.7. The van der Waals surface area contributed by atoms with Crippen LogP contribution in [0.4, 0.5) is 0 Å². The average Bonchev–Trinajstić information content (AvgIpc) is 2.75. The normalized spacial score (nSPS) is 30.5. The van der Waals surface area contributed by atoms with E-state index in [-0.39, 0.29) is 29.9 Å². The first kappa shape index (κ1) is 22.5. The molecule has 0 aliphatic heterocycles. The van der Waals surface area contributed by atoms with Gasteiger partial charge in [0.15, 0.2) is 6.61 Å². The van der Waals surface area contributed by atoms with Gasteiger partial charge in [-0.05, 0) is 99.2 Å². The van der Waals surface area contributed by atoms with Crippen LogP contribution in [0.5, 0.6) is 5.75 Å². The van der Waals surface area contributed by atoms with Crippen LogP contribution >= 0.6 is 11.8 Å². The number of rotatable bonds is 10. The molecule has 1 aromatic carbocycles. The third-order valence-corrected chi connectivity index (χ3v) is 8.38. The molecule has 5 rings (SSSR count). The summed E-state index contributed by atoms with van der Waals surface area (Å²) in [6.07, 6.45) is 10.6. The Kier molecular flexibility index (Phi) is 7.15. The Hall–Kier alpha value is -1.69. The Balaban J connectivity index is 1.33. The minimum Gasteiger partial charge on any atom is -0.484 e. The van der Waals surface area contributed by atoms with E-state index in [1.165, 1.54) is 38.5 Å². The number of amides is 2. The number of carbonyl (C=O) groups excluding carboxylic acids is 2. The third-order valence-electron chi connectivity index (χ3n) is 7.74. The summed E-state index contributed by atoms with van der Waals surface area (Å²) in [5.41, 5.74) is 0.259. The summed E-state index contributed by atoms with van der Waals surface area (Å²) in [5.74, 6) is 3.73. The standard InChI is InChI=1S/C25H36N2O3S/c1-17(25-13-18-10-19(14-25)12-20(11-18)15-25)26-24(29)22(8-9-31-2)27-23(28)16-30-21-6-4-3-5-7-21/h3-7,17-20,22H,8-16H2,1-2H3,(H,26,29)(H,27,28). The molecule has 6 heteroatoms. The van der Waals surface area contributed by atoms with E-state index >= 15 is 0 Å². The van der Waals surface area contributed by atoms with Crippen molar-refractivity contribution >= 4 is 23.6 Å². The second-order valence-electron chi connectivity index (χ2n) is 10.0. The fourth-order valence-electron chi connectivity index (χ4n) is 6.58. The second-order valence-corrected chi connectivity index (χ2v) is 11.0. The van der Waals surface area contributed by atoms with Gasteiger partial charge in [0.25, 0.3) is 5.91 Å². The number of para-hydroxylation sites is 1. The van der Waals surface area contributed by atoms with Gasteiger partial charge in [-0.15, -0.1) is 0 Å². The van der Waals surface area contributed by atoms with Crippen LogP contribution in [0.1, 0.15) is 51.9 Å². The highest BCUT2D eigenvalue weighted by Gasteiger charge is 2.53. The van der Waals surface area contributed by atoms with Gasteiger partial charge in [-0.3, -0.25) is 9.59 Å². The molecule has 1 aromatic rings. The van der Waals surface area contributed by atoms with Crippen molar-refractivity contribution in [3.8, 4) is 5.75 Å². The Morgan fingerprint density at radius 2 is 1.68 bits per heavy atom. The highest BCUT2D eigenvalue weighted by Crippen LogP contribution is 2.61. The molecule has 0 spiro atoms. The van der Waals surface area contributed by atoms with Crippen LogP contribution in [0.15, 0.2) is 30.3 Å². The summed E-state index contributed by atoms with van der Waals surface area (Å²) in [5, 5.41) is 6.23. The van der Waals surface area contributed by atoms with Crippen molar-refractivity contribution in [3.63, 3.8) is 0 Å². The van der Waals surface area contributed by atoms with Crippen LogP contribution in [0, 0.1) is 23.2 Å². The van der Waals surface area contributed by atoms with Crippen molar-refractivity contribution in [1.29, 1.82) is 0 Å². The zero-order valence-corrected chi connectivity index (χ0v) is 19.6. The second kappa shape index (κ2) is 9.85. The molecular weight excluding hydrogens is 408 g/mol. The molecule has 0 saturated heterocycles. The Morgan fingerprint density at radius 1 is 1.06 bits per heavy atom. The molecule has 4 aliphatic rings. The van der Waals surface area contributed by atoms with Crippen LogP contribution < -0.4 is 15.4 Å². The molecule has 31 heavy (non-hydrogen) atoms. The number of thioether (sulfide) groups is 1. The smallest absolute Gasteiger partial charge is 0.258 e. The van der Waals surface area contributed by atoms with Gasteiger partial charge in [-0.25, -0.2) is 0 Å². The molecule has 170 valence electrons. The number of benzene rings is 1. The van der Waals surface area contributed by atoms with Gasteiger partial charge in [-0.1, -0.05) is 18.2 Å². The first-order valence-corrected chi connectivity index (χ1v) is 13.1. The average molecular weight is 445 g/mol. The van der Waals surface area contributed by atoms with E-state index in [2.05, 4.69) is 17.6 Å². The minimum absolute atomic E-state index is 0.0506. The lowest BCUT2D eigenvalue weighted by atomic mass is 9.48. The van der Waals surface area contributed by atoms with Crippen molar-refractivity contribution in [3.05, 3.63) is 30.3 Å². The van der Waals surface area contributed by atoms with E-state index in [1.54, 1.807) is 11.8 Å². The molecule has 4 aliphatic carbocycles. The van der Waals surface area contributed by atoms with Crippen LogP contribution in [0.2, 0.25) is 0 Å². The van der Waals surface area contributed by atoms with Crippen molar-refractivity contribution < 1.29 is 14.3 Å². The summed E-state index contributed by atoms with van der Waals surface area (Å²) >= 11 is 1.69. The molecule has 2 amide bonds. The summed E-state index contributed by atoms with van der Waals surface area (Å²) < 4.78 is 5.55. The Labute approximate surface area is 190 Å². The number of ether oxygens (including phenoxy) is 1. The lowest BCUT2D eigenvalue weighted by molar-refractivity contribution is -0.132. The molecule has 0 heterocycles. The van der Waals surface area contributed by atoms with Crippen LogP contribution in [0.25, 0.3) is 0 Å². The maximum absolute atomic E-state index is 13.2. The van der Waals surface area contributed by atoms with Crippen molar-refractivity contribution in [1.82, 2.24) is 10.6 Å². The number of hydrogen-bond donors (Lipinski definition) is 2. The summed E-state index contributed by atoms with van der Waals surface area (Å²) in [6, 6.07) is 8.91. The largest absolute Gasteiger partial charge is 0.484 e. The van der Waals surface area contributed by atoms with Crippen molar-refractivity contribution in [2.75, 3.05) is 18.6 Å². The summed E-state index contributed by atoms with van der Waals surface area (Å²) in [7, 11) is 0. The van der Waals surface area contributed by atoms with Gasteiger partial charge in [-0.2, -0.15) is 11.8 Å². The molecule has 2 atom stereocenters. The molecule has 0 aromatic heterocycles. The predicted molar refractivity (Wildman–Crippen MR) is 125 cm³/mol. The van der Waals surface area contributed by atoms with Crippen LogP contribution in [-0.4, -0.2) is 42.5 Å². The molecule has 5 nitrogen and oxygen atoms in total. The van der Waals surface area contributed by atoms with E-state index in [4.69, 9.17) is 4.74 Å². The van der Waals surface area contributed by atoms with Gasteiger partial charge in [0.2, 0.25) is 5.91 Å². The van der Waals surface area contributed by atoms with Gasteiger partial charge in [0.1, 0.15) is 11.8 Å². The van der Waals surface area contributed by atoms with E-state index < -0.39 is 6.04 Å². The molecule has 4 bridgehead atoms. The zero-order chi connectivity index (χ0) is 21.8.